The van der Waals surface area contributed by atoms with E-state index >= 15 is 0 Å². The molecule has 6 heteroatoms. The zero-order chi connectivity index (χ0) is 15.2. The molecule has 1 aromatic rings. The first-order chi connectivity index (χ1) is 9.42. The molecule has 0 aromatic heterocycles. The highest BCUT2D eigenvalue weighted by Gasteiger charge is 2.18. The third kappa shape index (κ3) is 4.60. The summed E-state index contributed by atoms with van der Waals surface area (Å²) in [6.07, 6.45) is 0. The summed E-state index contributed by atoms with van der Waals surface area (Å²) in [6, 6.07) is 7.70. The van der Waals surface area contributed by atoms with Gasteiger partial charge in [-0.3, -0.25) is 0 Å². The standard InChI is InChI=1S/C14H21N3O2S/c1-4-17(5-2)11-12(3)16-20(18,19)14-8-6-13(10-15)7-9-14/h6-9,12,16H,4-5,11H2,1-3H3. The van der Waals surface area contributed by atoms with Gasteiger partial charge in [0.25, 0.3) is 0 Å². The molecule has 0 aliphatic rings. The van der Waals surface area contributed by atoms with Crippen molar-refractivity contribution in [3.05, 3.63) is 29.8 Å². The van der Waals surface area contributed by atoms with E-state index in [1.807, 2.05) is 26.8 Å². The summed E-state index contributed by atoms with van der Waals surface area (Å²) < 4.78 is 27.0. The van der Waals surface area contributed by atoms with Gasteiger partial charge in [-0.05, 0) is 44.3 Å². The quantitative estimate of drug-likeness (QED) is 0.828. The Morgan fingerprint density at radius 1 is 1.25 bits per heavy atom. The van der Waals surface area contributed by atoms with Crippen LogP contribution in [-0.4, -0.2) is 39.0 Å². The maximum atomic E-state index is 12.2. The molecule has 5 nitrogen and oxygen atoms in total. The molecule has 0 aliphatic heterocycles. The highest BCUT2D eigenvalue weighted by atomic mass is 32.2. The normalized spacial score (nSPS) is 13.2. The third-order valence-corrected chi connectivity index (χ3v) is 4.68. The highest BCUT2D eigenvalue weighted by molar-refractivity contribution is 7.89. The molecular formula is C14H21N3O2S. The number of hydrogen-bond donors (Lipinski definition) is 1. The smallest absolute Gasteiger partial charge is 0.240 e. The topological polar surface area (TPSA) is 73.2 Å². The van der Waals surface area contributed by atoms with Crippen molar-refractivity contribution in [1.29, 1.82) is 5.26 Å². The monoisotopic (exact) mass is 295 g/mol. The maximum absolute atomic E-state index is 12.2. The van der Waals surface area contributed by atoms with Gasteiger partial charge in [-0.25, -0.2) is 13.1 Å². The number of benzene rings is 1. The molecular weight excluding hydrogens is 274 g/mol. The highest BCUT2D eigenvalue weighted by Crippen LogP contribution is 2.10. The first-order valence-corrected chi connectivity index (χ1v) is 8.16. The van der Waals surface area contributed by atoms with Crippen LogP contribution in [0.15, 0.2) is 29.2 Å². The second kappa shape index (κ2) is 7.39. The molecule has 1 aromatic carbocycles. The van der Waals surface area contributed by atoms with E-state index in [9.17, 15) is 8.42 Å². The van der Waals surface area contributed by atoms with Gasteiger partial charge in [0, 0.05) is 12.6 Å². The van der Waals surface area contributed by atoms with E-state index in [4.69, 9.17) is 5.26 Å². The molecule has 0 heterocycles. The van der Waals surface area contributed by atoms with Crippen molar-refractivity contribution in [1.82, 2.24) is 9.62 Å². The van der Waals surface area contributed by atoms with E-state index in [2.05, 4.69) is 9.62 Å². The Kier molecular flexibility index (Phi) is 6.14. The van der Waals surface area contributed by atoms with E-state index in [1.165, 1.54) is 24.3 Å². The SMILES string of the molecule is CCN(CC)CC(C)NS(=O)(=O)c1ccc(C#N)cc1. The Bertz CT molecular complexity index is 557. The van der Waals surface area contributed by atoms with Crippen molar-refractivity contribution in [2.45, 2.75) is 31.7 Å². The number of nitrogens with zero attached hydrogens (tertiary/aromatic N) is 2. The van der Waals surface area contributed by atoms with Crippen molar-refractivity contribution >= 4 is 10.0 Å². The lowest BCUT2D eigenvalue weighted by Gasteiger charge is -2.23. The predicted octanol–water partition coefficient (Wildman–Crippen LogP) is 1.57. The zero-order valence-electron chi connectivity index (χ0n) is 12.1. The lowest BCUT2D eigenvalue weighted by molar-refractivity contribution is 0.282. The minimum Gasteiger partial charge on any atom is -0.302 e. The summed E-state index contributed by atoms with van der Waals surface area (Å²) in [6.45, 7) is 8.39. The summed E-state index contributed by atoms with van der Waals surface area (Å²) in [7, 11) is -3.53. The molecule has 0 bridgehead atoms. The fourth-order valence-corrected chi connectivity index (χ4v) is 3.18. The van der Waals surface area contributed by atoms with Gasteiger partial charge in [0.1, 0.15) is 0 Å². The molecule has 110 valence electrons. The number of hydrogen-bond acceptors (Lipinski definition) is 4. The Balaban J connectivity index is 2.76. The Labute approximate surface area is 121 Å². The van der Waals surface area contributed by atoms with Crippen LogP contribution in [0.2, 0.25) is 0 Å². The van der Waals surface area contributed by atoms with Crippen molar-refractivity contribution < 1.29 is 8.42 Å². The Morgan fingerprint density at radius 3 is 2.25 bits per heavy atom. The molecule has 0 saturated carbocycles. The number of sulfonamides is 1. The number of rotatable bonds is 7. The summed E-state index contributed by atoms with van der Waals surface area (Å²) in [4.78, 5) is 2.34. The summed E-state index contributed by atoms with van der Waals surface area (Å²) >= 11 is 0. The van der Waals surface area contributed by atoms with Gasteiger partial charge >= 0.3 is 0 Å². The van der Waals surface area contributed by atoms with Crippen LogP contribution in [0.1, 0.15) is 26.3 Å². The van der Waals surface area contributed by atoms with Crippen molar-refractivity contribution in [3.63, 3.8) is 0 Å². The van der Waals surface area contributed by atoms with Gasteiger partial charge < -0.3 is 4.90 Å². The van der Waals surface area contributed by atoms with Crippen LogP contribution in [0.5, 0.6) is 0 Å². The van der Waals surface area contributed by atoms with Crippen LogP contribution in [0.25, 0.3) is 0 Å². The van der Waals surface area contributed by atoms with E-state index in [-0.39, 0.29) is 10.9 Å². The molecule has 0 aliphatic carbocycles. The van der Waals surface area contributed by atoms with E-state index in [1.54, 1.807) is 0 Å². The average Bonchev–Trinajstić information content (AvgIpc) is 2.44. The first kappa shape index (κ1) is 16.6. The molecule has 0 saturated heterocycles. The summed E-state index contributed by atoms with van der Waals surface area (Å²) in [5.41, 5.74) is 0.445. The first-order valence-electron chi connectivity index (χ1n) is 6.67. The van der Waals surface area contributed by atoms with Gasteiger partial charge in [0.05, 0.1) is 16.5 Å². The van der Waals surface area contributed by atoms with E-state index < -0.39 is 10.0 Å². The fourth-order valence-electron chi connectivity index (χ4n) is 1.95. The molecule has 1 N–H and O–H groups in total. The molecule has 0 spiro atoms. The lowest BCUT2D eigenvalue weighted by atomic mass is 10.2. The maximum Gasteiger partial charge on any atom is 0.240 e. The Morgan fingerprint density at radius 2 is 1.80 bits per heavy atom. The number of nitriles is 1. The van der Waals surface area contributed by atoms with Gasteiger partial charge in [-0.2, -0.15) is 5.26 Å². The molecule has 0 radical (unpaired) electrons. The average molecular weight is 295 g/mol. The van der Waals surface area contributed by atoms with Crippen LogP contribution in [-0.2, 0) is 10.0 Å². The molecule has 1 rings (SSSR count). The van der Waals surface area contributed by atoms with Gasteiger partial charge in [0.2, 0.25) is 10.0 Å². The summed E-state index contributed by atoms with van der Waals surface area (Å²) in [5, 5.41) is 8.71. The van der Waals surface area contributed by atoms with Crippen molar-refractivity contribution in [3.8, 4) is 6.07 Å². The Hall–Kier alpha value is -1.42. The van der Waals surface area contributed by atoms with Crippen LogP contribution >= 0.6 is 0 Å². The lowest BCUT2D eigenvalue weighted by Crippen LogP contribution is -2.41. The van der Waals surface area contributed by atoms with E-state index in [0.29, 0.717) is 12.1 Å². The van der Waals surface area contributed by atoms with E-state index in [0.717, 1.165) is 13.1 Å². The fraction of sp³-hybridized carbons (Fsp3) is 0.500. The largest absolute Gasteiger partial charge is 0.302 e. The number of likely N-dealkylation sites (N-methyl/N-ethyl adjacent to an activating group) is 1. The van der Waals surface area contributed by atoms with Crippen LogP contribution < -0.4 is 4.72 Å². The van der Waals surface area contributed by atoms with Crippen LogP contribution in [0.3, 0.4) is 0 Å². The van der Waals surface area contributed by atoms with Crippen LogP contribution in [0, 0.1) is 11.3 Å². The van der Waals surface area contributed by atoms with Gasteiger partial charge in [-0.1, -0.05) is 13.8 Å². The molecule has 0 fully saturated rings. The molecule has 0 amide bonds. The second-order valence-corrected chi connectivity index (χ2v) is 6.36. The van der Waals surface area contributed by atoms with Crippen LogP contribution in [0.4, 0.5) is 0 Å². The molecule has 1 atom stereocenters. The molecule has 1 unspecified atom stereocenters. The third-order valence-electron chi connectivity index (χ3n) is 3.08. The number of nitrogens with one attached hydrogen (secondary N) is 1. The van der Waals surface area contributed by atoms with Gasteiger partial charge in [0.15, 0.2) is 0 Å². The zero-order valence-corrected chi connectivity index (χ0v) is 12.9. The predicted molar refractivity (Wildman–Crippen MR) is 78.7 cm³/mol. The van der Waals surface area contributed by atoms with Crippen molar-refractivity contribution in [2.75, 3.05) is 19.6 Å². The molecule has 20 heavy (non-hydrogen) atoms. The summed E-state index contributed by atoms with van der Waals surface area (Å²) in [5.74, 6) is 0. The van der Waals surface area contributed by atoms with Crippen molar-refractivity contribution in [2.24, 2.45) is 0 Å². The minimum absolute atomic E-state index is 0.171. The second-order valence-electron chi connectivity index (χ2n) is 4.64. The minimum atomic E-state index is -3.53. The van der Waals surface area contributed by atoms with Gasteiger partial charge in [-0.15, -0.1) is 0 Å².